The SMILES string of the molecule is c1cnc2c(c1)sc1ccc(-n3c4ccccc4c4c5oc6ccc(-n7c8ccccc8c8ccccc87)cc6c5ccc43)cc12. The molecule has 0 spiro atoms. The summed E-state index contributed by atoms with van der Waals surface area (Å²) in [6.45, 7) is 0. The van der Waals surface area contributed by atoms with Gasteiger partial charge in [-0.15, -0.1) is 11.3 Å². The van der Waals surface area contributed by atoms with Gasteiger partial charge in [0.05, 0.1) is 37.7 Å². The molecule has 0 aliphatic carbocycles. The molecule has 0 amide bonds. The van der Waals surface area contributed by atoms with Gasteiger partial charge in [0, 0.05) is 54.6 Å². The molecule has 0 bridgehead atoms. The second-order valence-corrected chi connectivity index (χ2v) is 13.1. The van der Waals surface area contributed by atoms with Crippen LogP contribution in [-0.2, 0) is 0 Å². The van der Waals surface area contributed by atoms with Crippen LogP contribution in [-0.4, -0.2) is 14.1 Å². The molecule has 5 heterocycles. The molecule has 214 valence electrons. The van der Waals surface area contributed by atoms with Gasteiger partial charge in [0.15, 0.2) is 0 Å². The molecule has 0 saturated heterocycles. The molecule has 5 aromatic heterocycles. The number of hydrogen-bond donors (Lipinski definition) is 0. The summed E-state index contributed by atoms with van der Waals surface area (Å²) in [5.74, 6) is 0. The minimum absolute atomic E-state index is 0.890. The second-order valence-electron chi connectivity index (χ2n) is 12.0. The number of thiophene rings is 1. The maximum Gasteiger partial charge on any atom is 0.145 e. The highest BCUT2D eigenvalue weighted by Gasteiger charge is 2.20. The van der Waals surface area contributed by atoms with E-state index in [2.05, 4.69) is 137 Å². The number of rotatable bonds is 2. The van der Waals surface area contributed by atoms with Crippen LogP contribution in [0.25, 0.3) is 97.2 Å². The summed E-state index contributed by atoms with van der Waals surface area (Å²) in [6.07, 6.45) is 1.88. The summed E-state index contributed by atoms with van der Waals surface area (Å²) in [4.78, 5) is 4.72. The number of hydrogen-bond acceptors (Lipinski definition) is 3. The fourth-order valence-corrected chi connectivity index (χ4v) is 8.66. The molecule has 11 aromatic rings. The Balaban J connectivity index is 1.19. The Labute approximate surface area is 265 Å². The van der Waals surface area contributed by atoms with Crippen molar-refractivity contribution >= 4 is 97.2 Å². The lowest BCUT2D eigenvalue weighted by molar-refractivity contribution is 0.673. The lowest BCUT2D eigenvalue weighted by Crippen LogP contribution is -1.93. The van der Waals surface area contributed by atoms with Gasteiger partial charge in [0.25, 0.3) is 0 Å². The van der Waals surface area contributed by atoms with Crippen LogP contribution >= 0.6 is 11.3 Å². The fraction of sp³-hybridized carbons (Fsp3) is 0. The van der Waals surface area contributed by atoms with E-state index in [9.17, 15) is 0 Å². The van der Waals surface area contributed by atoms with Crippen molar-refractivity contribution in [2.75, 3.05) is 0 Å². The maximum atomic E-state index is 6.75. The first-order valence-corrected chi connectivity index (χ1v) is 16.3. The van der Waals surface area contributed by atoms with Crippen molar-refractivity contribution in [3.63, 3.8) is 0 Å². The lowest BCUT2D eigenvalue weighted by atomic mass is 10.1. The van der Waals surface area contributed by atoms with E-state index in [1.165, 1.54) is 42.0 Å². The molecule has 11 rings (SSSR count). The van der Waals surface area contributed by atoms with Gasteiger partial charge in [-0.3, -0.25) is 4.98 Å². The Morgan fingerprint density at radius 2 is 1.13 bits per heavy atom. The maximum absolute atomic E-state index is 6.75. The van der Waals surface area contributed by atoms with Crippen LogP contribution in [0.15, 0.2) is 144 Å². The quantitative estimate of drug-likeness (QED) is 0.196. The summed E-state index contributed by atoms with van der Waals surface area (Å²) in [5.41, 5.74) is 9.80. The first-order valence-electron chi connectivity index (χ1n) is 15.5. The van der Waals surface area contributed by atoms with Crippen LogP contribution in [0.5, 0.6) is 0 Å². The molecule has 0 fully saturated rings. The highest BCUT2D eigenvalue weighted by atomic mass is 32.1. The van der Waals surface area contributed by atoms with E-state index in [0.29, 0.717) is 0 Å². The molecule has 0 aliphatic heterocycles. The zero-order valence-corrected chi connectivity index (χ0v) is 25.3. The summed E-state index contributed by atoms with van der Waals surface area (Å²) in [6, 6.07) is 47.9. The number of pyridine rings is 1. The Hall–Kier alpha value is -5.91. The van der Waals surface area contributed by atoms with Crippen molar-refractivity contribution in [2.24, 2.45) is 0 Å². The molecular formula is C41H23N3OS. The topological polar surface area (TPSA) is 35.9 Å². The summed E-state index contributed by atoms with van der Waals surface area (Å²) < 4.78 is 13.9. The first kappa shape index (κ1) is 24.4. The Morgan fingerprint density at radius 1 is 0.478 bits per heavy atom. The van der Waals surface area contributed by atoms with Gasteiger partial charge >= 0.3 is 0 Å². The molecule has 6 aromatic carbocycles. The number of benzene rings is 6. The smallest absolute Gasteiger partial charge is 0.145 e. The molecule has 0 N–H and O–H groups in total. The molecule has 0 saturated carbocycles. The van der Waals surface area contributed by atoms with E-state index in [-0.39, 0.29) is 0 Å². The monoisotopic (exact) mass is 605 g/mol. The van der Waals surface area contributed by atoms with Crippen molar-refractivity contribution in [3.8, 4) is 11.4 Å². The first-order chi connectivity index (χ1) is 22.8. The van der Waals surface area contributed by atoms with E-state index in [1.54, 1.807) is 11.3 Å². The number of furan rings is 1. The van der Waals surface area contributed by atoms with E-state index < -0.39 is 0 Å². The molecule has 4 nitrogen and oxygen atoms in total. The molecular weight excluding hydrogens is 583 g/mol. The minimum Gasteiger partial charge on any atom is -0.455 e. The van der Waals surface area contributed by atoms with Crippen molar-refractivity contribution in [1.29, 1.82) is 0 Å². The van der Waals surface area contributed by atoms with Gasteiger partial charge in [-0.1, -0.05) is 54.6 Å². The highest BCUT2D eigenvalue weighted by Crippen LogP contribution is 2.42. The standard InChI is InChI=1S/C41H23N3OS/c1-4-11-32-26(8-1)27-9-2-5-12-33(27)43(32)24-15-19-36-30(22-24)28-17-18-35-39(41(28)45-36)29-10-3-6-13-34(29)44(35)25-16-20-37-31(23-25)40-38(46-37)14-7-21-42-40/h1-23H. The van der Waals surface area contributed by atoms with Crippen LogP contribution in [0, 0.1) is 0 Å². The second kappa shape index (κ2) is 8.84. The molecule has 0 unspecified atom stereocenters. The van der Waals surface area contributed by atoms with E-state index >= 15 is 0 Å². The van der Waals surface area contributed by atoms with Crippen molar-refractivity contribution in [2.45, 2.75) is 0 Å². The predicted octanol–water partition coefficient (Wildman–Crippen LogP) is 11.5. The normalized spacial score (nSPS) is 12.3. The van der Waals surface area contributed by atoms with Gasteiger partial charge in [-0.25, -0.2) is 0 Å². The summed E-state index contributed by atoms with van der Waals surface area (Å²) in [5, 5.41) is 8.26. The van der Waals surface area contributed by atoms with Crippen molar-refractivity contribution in [3.05, 3.63) is 140 Å². The average molecular weight is 606 g/mol. The largest absolute Gasteiger partial charge is 0.455 e. The van der Waals surface area contributed by atoms with Crippen LogP contribution in [0.3, 0.4) is 0 Å². The molecule has 0 atom stereocenters. The third-order valence-electron chi connectivity index (χ3n) is 9.56. The highest BCUT2D eigenvalue weighted by molar-refractivity contribution is 7.25. The number of para-hydroxylation sites is 3. The predicted molar refractivity (Wildman–Crippen MR) is 193 cm³/mol. The average Bonchev–Trinajstić information content (AvgIpc) is 3.85. The molecule has 46 heavy (non-hydrogen) atoms. The van der Waals surface area contributed by atoms with Crippen LogP contribution in [0.1, 0.15) is 0 Å². The van der Waals surface area contributed by atoms with E-state index in [0.717, 1.165) is 55.2 Å². The number of aromatic nitrogens is 3. The Bertz CT molecular complexity index is 2990. The zero-order valence-electron chi connectivity index (χ0n) is 24.4. The molecule has 5 heteroatoms. The summed E-state index contributed by atoms with van der Waals surface area (Å²) in [7, 11) is 0. The van der Waals surface area contributed by atoms with Gasteiger partial charge in [-0.2, -0.15) is 0 Å². The lowest BCUT2D eigenvalue weighted by Gasteiger charge is -2.08. The molecule has 0 radical (unpaired) electrons. The number of nitrogens with zero attached hydrogens (tertiary/aromatic N) is 3. The third-order valence-corrected chi connectivity index (χ3v) is 10.7. The zero-order chi connectivity index (χ0) is 29.9. The van der Waals surface area contributed by atoms with E-state index in [1.807, 2.05) is 12.3 Å². The minimum atomic E-state index is 0.890. The van der Waals surface area contributed by atoms with Gasteiger partial charge in [0.2, 0.25) is 0 Å². The Kier molecular flexibility index (Phi) is 4.69. The van der Waals surface area contributed by atoms with Crippen molar-refractivity contribution in [1.82, 2.24) is 14.1 Å². The summed E-state index contributed by atoms with van der Waals surface area (Å²) >= 11 is 1.79. The van der Waals surface area contributed by atoms with Crippen LogP contribution in [0.2, 0.25) is 0 Å². The van der Waals surface area contributed by atoms with Crippen molar-refractivity contribution < 1.29 is 4.42 Å². The van der Waals surface area contributed by atoms with Gasteiger partial charge in [-0.05, 0) is 78.9 Å². The fourth-order valence-electron chi connectivity index (χ4n) is 7.62. The number of fused-ring (bicyclic) bond motifs is 13. The van der Waals surface area contributed by atoms with Gasteiger partial charge in [0.1, 0.15) is 11.2 Å². The van der Waals surface area contributed by atoms with E-state index in [4.69, 9.17) is 9.40 Å². The molecule has 0 aliphatic rings. The van der Waals surface area contributed by atoms with Crippen LogP contribution in [0.4, 0.5) is 0 Å². The Morgan fingerprint density at radius 3 is 1.91 bits per heavy atom. The van der Waals surface area contributed by atoms with Crippen LogP contribution < -0.4 is 0 Å². The third kappa shape index (κ3) is 3.14. The van der Waals surface area contributed by atoms with Gasteiger partial charge < -0.3 is 13.6 Å².